The normalized spacial score (nSPS) is 23.5. The number of hydrogen-bond acceptors (Lipinski definition) is 2. The van der Waals surface area contributed by atoms with Crippen LogP contribution in [0.4, 0.5) is 0 Å². The summed E-state index contributed by atoms with van der Waals surface area (Å²) >= 11 is 0. The lowest BCUT2D eigenvalue weighted by Gasteiger charge is -2.29. The summed E-state index contributed by atoms with van der Waals surface area (Å²) in [6.07, 6.45) is 5.81. The van der Waals surface area contributed by atoms with Crippen molar-refractivity contribution < 1.29 is 5.11 Å². The number of hydrogen-bond donors (Lipinski definition) is 1. The average Bonchev–Trinajstić information content (AvgIpc) is 2.61. The van der Waals surface area contributed by atoms with Gasteiger partial charge in [-0.15, -0.1) is 0 Å². The van der Waals surface area contributed by atoms with Gasteiger partial charge in [0, 0.05) is 17.8 Å². The van der Waals surface area contributed by atoms with Crippen LogP contribution in [0.15, 0.2) is 18.3 Å². The van der Waals surface area contributed by atoms with Crippen LogP contribution in [0.1, 0.15) is 50.3 Å². The molecule has 0 radical (unpaired) electrons. The molecule has 0 saturated carbocycles. The number of aliphatic hydroxyl groups is 1. The Labute approximate surface area is 91.4 Å². The van der Waals surface area contributed by atoms with Gasteiger partial charge in [-0.05, 0) is 37.8 Å². The highest BCUT2D eigenvalue weighted by molar-refractivity contribution is 5.30. The minimum atomic E-state index is -0.589. The third-order valence-corrected chi connectivity index (χ3v) is 3.47. The topological polar surface area (TPSA) is 33.1 Å². The first-order chi connectivity index (χ1) is 7.15. The Morgan fingerprint density at radius 2 is 2.40 bits per heavy atom. The van der Waals surface area contributed by atoms with Crippen LogP contribution in [0.2, 0.25) is 0 Å². The van der Waals surface area contributed by atoms with E-state index in [1.165, 1.54) is 5.56 Å². The van der Waals surface area contributed by atoms with Gasteiger partial charge in [-0.25, -0.2) is 0 Å². The van der Waals surface area contributed by atoms with Crippen LogP contribution >= 0.6 is 0 Å². The molecule has 0 aromatic carbocycles. The highest BCUT2D eigenvalue weighted by atomic mass is 16.3. The maximum Gasteiger partial charge on any atom is 0.0703 e. The van der Waals surface area contributed by atoms with Crippen LogP contribution in [-0.4, -0.2) is 15.7 Å². The average molecular weight is 205 g/mol. The Bertz CT molecular complexity index is 346. The zero-order chi connectivity index (χ0) is 10.9. The summed E-state index contributed by atoms with van der Waals surface area (Å²) < 4.78 is 0. The van der Waals surface area contributed by atoms with Crippen LogP contribution in [-0.2, 0) is 6.42 Å². The van der Waals surface area contributed by atoms with E-state index < -0.39 is 5.60 Å². The van der Waals surface area contributed by atoms with Crippen molar-refractivity contribution in [1.82, 2.24) is 4.98 Å². The van der Waals surface area contributed by atoms with Gasteiger partial charge in [0.2, 0.25) is 0 Å². The van der Waals surface area contributed by atoms with Gasteiger partial charge in [0.05, 0.1) is 5.60 Å². The quantitative estimate of drug-likeness (QED) is 0.823. The molecule has 0 bridgehead atoms. The second-order valence-corrected chi connectivity index (χ2v) is 4.75. The maximum absolute atomic E-state index is 10.4. The number of fused-ring (bicyclic) bond motifs is 1. The third-order valence-electron chi connectivity index (χ3n) is 3.47. The van der Waals surface area contributed by atoms with Crippen LogP contribution in [0.25, 0.3) is 0 Å². The smallest absolute Gasteiger partial charge is 0.0703 e. The summed E-state index contributed by atoms with van der Waals surface area (Å²) in [5.74, 6) is 0.230. The molecule has 1 aromatic rings. The molecule has 1 aliphatic rings. The molecule has 2 rings (SSSR count). The highest BCUT2D eigenvalue weighted by Gasteiger charge is 2.37. The lowest BCUT2D eigenvalue weighted by Crippen LogP contribution is -2.31. The molecule has 0 fully saturated rings. The second-order valence-electron chi connectivity index (χ2n) is 4.75. The molecule has 0 amide bonds. The molecule has 0 saturated heterocycles. The Balaban J connectivity index is 2.27. The fraction of sp³-hybridized carbons (Fsp3) is 0.615. The van der Waals surface area contributed by atoms with Gasteiger partial charge in [-0.3, -0.25) is 4.98 Å². The summed E-state index contributed by atoms with van der Waals surface area (Å²) in [6, 6.07) is 4.11. The van der Waals surface area contributed by atoms with E-state index in [1.807, 2.05) is 19.2 Å². The summed E-state index contributed by atoms with van der Waals surface area (Å²) in [6.45, 7) is 4.06. The first-order valence-electron chi connectivity index (χ1n) is 5.81. The lowest BCUT2D eigenvalue weighted by molar-refractivity contribution is 0.0205. The Kier molecular flexibility index (Phi) is 2.79. The number of rotatable bonds is 3. The van der Waals surface area contributed by atoms with Gasteiger partial charge < -0.3 is 5.11 Å². The van der Waals surface area contributed by atoms with Crippen LogP contribution in [0.3, 0.4) is 0 Å². The van der Waals surface area contributed by atoms with E-state index in [2.05, 4.69) is 18.0 Å². The Morgan fingerprint density at radius 3 is 3.13 bits per heavy atom. The number of aromatic nitrogens is 1. The fourth-order valence-electron chi connectivity index (χ4n) is 2.70. The van der Waals surface area contributed by atoms with Gasteiger partial charge in [0.15, 0.2) is 0 Å². The molecule has 1 aromatic heterocycles. The van der Waals surface area contributed by atoms with Crippen LogP contribution in [0.5, 0.6) is 0 Å². The molecule has 2 unspecified atom stereocenters. The van der Waals surface area contributed by atoms with Gasteiger partial charge in [0.25, 0.3) is 0 Å². The number of aryl methyl sites for hydroxylation is 1. The summed E-state index contributed by atoms with van der Waals surface area (Å²) in [5.41, 5.74) is 1.85. The molecular formula is C13H19NO. The van der Waals surface area contributed by atoms with Crippen molar-refractivity contribution in [3.05, 3.63) is 29.6 Å². The summed E-state index contributed by atoms with van der Waals surface area (Å²) in [4.78, 5) is 4.43. The molecule has 2 atom stereocenters. The van der Waals surface area contributed by atoms with Crippen molar-refractivity contribution >= 4 is 0 Å². The minimum absolute atomic E-state index is 0.230. The molecule has 1 heterocycles. The first kappa shape index (κ1) is 10.6. The van der Waals surface area contributed by atoms with Crippen molar-refractivity contribution in [2.75, 3.05) is 0 Å². The van der Waals surface area contributed by atoms with Crippen molar-refractivity contribution in [3.8, 4) is 0 Å². The van der Waals surface area contributed by atoms with E-state index in [0.717, 1.165) is 31.4 Å². The number of pyridine rings is 1. The van der Waals surface area contributed by atoms with Gasteiger partial charge in [-0.2, -0.15) is 0 Å². The highest BCUT2D eigenvalue weighted by Crippen LogP contribution is 2.40. The van der Waals surface area contributed by atoms with E-state index in [-0.39, 0.29) is 5.92 Å². The summed E-state index contributed by atoms with van der Waals surface area (Å²) in [5, 5.41) is 10.4. The van der Waals surface area contributed by atoms with E-state index in [1.54, 1.807) is 0 Å². The lowest BCUT2D eigenvalue weighted by atomic mass is 9.83. The predicted octanol–water partition coefficient (Wildman–Crippen LogP) is 2.66. The second kappa shape index (κ2) is 3.93. The van der Waals surface area contributed by atoms with Crippen LogP contribution in [0, 0.1) is 0 Å². The standard InChI is InChI=1S/C13H19NO/c1-3-8-13(2,15)11-7-6-10-5-4-9-14-12(10)11/h4-5,9,11,15H,3,6-8H2,1-2H3. The Hall–Kier alpha value is -0.890. The molecular weight excluding hydrogens is 186 g/mol. The minimum Gasteiger partial charge on any atom is -0.389 e. The molecule has 2 nitrogen and oxygen atoms in total. The van der Waals surface area contributed by atoms with Crippen molar-refractivity contribution in [1.29, 1.82) is 0 Å². The summed E-state index contributed by atoms with van der Waals surface area (Å²) in [7, 11) is 0. The van der Waals surface area contributed by atoms with E-state index in [4.69, 9.17) is 0 Å². The predicted molar refractivity (Wildman–Crippen MR) is 60.8 cm³/mol. The van der Waals surface area contributed by atoms with Crippen molar-refractivity contribution in [2.45, 2.75) is 51.0 Å². The Morgan fingerprint density at radius 1 is 1.60 bits per heavy atom. The largest absolute Gasteiger partial charge is 0.389 e. The molecule has 1 N–H and O–H groups in total. The van der Waals surface area contributed by atoms with Gasteiger partial charge in [-0.1, -0.05) is 19.4 Å². The fourth-order valence-corrected chi connectivity index (χ4v) is 2.70. The molecule has 0 aliphatic heterocycles. The SMILES string of the molecule is CCCC(C)(O)C1CCc2cccnc21. The van der Waals surface area contributed by atoms with E-state index >= 15 is 0 Å². The zero-order valence-electron chi connectivity index (χ0n) is 9.53. The zero-order valence-corrected chi connectivity index (χ0v) is 9.53. The van der Waals surface area contributed by atoms with Crippen LogP contribution < -0.4 is 0 Å². The maximum atomic E-state index is 10.4. The van der Waals surface area contributed by atoms with E-state index in [9.17, 15) is 5.11 Å². The molecule has 15 heavy (non-hydrogen) atoms. The van der Waals surface area contributed by atoms with Crippen molar-refractivity contribution in [2.24, 2.45) is 0 Å². The van der Waals surface area contributed by atoms with Gasteiger partial charge in [0.1, 0.15) is 0 Å². The monoisotopic (exact) mass is 205 g/mol. The molecule has 82 valence electrons. The third kappa shape index (κ3) is 1.91. The molecule has 0 spiro atoms. The molecule has 1 aliphatic carbocycles. The van der Waals surface area contributed by atoms with Crippen molar-refractivity contribution in [3.63, 3.8) is 0 Å². The molecule has 2 heteroatoms. The van der Waals surface area contributed by atoms with Gasteiger partial charge >= 0.3 is 0 Å². The number of nitrogens with zero attached hydrogens (tertiary/aromatic N) is 1. The van der Waals surface area contributed by atoms with E-state index in [0.29, 0.717) is 0 Å². The first-order valence-corrected chi connectivity index (χ1v) is 5.81.